The Morgan fingerprint density at radius 2 is 0.800 bits per heavy atom. The van der Waals surface area contributed by atoms with Gasteiger partial charge in [0.25, 0.3) is 11.0 Å². The summed E-state index contributed by atoms with van der Waals surface area (Å²) in [4.78, 5) is 75.8. The van der Waals surface area contributed by atoms with E-state index in [2.05, 4.69) is 0 Å². The van der Waals surface area contributed by atoms with E-state index in [1.807, 2.05) is 0 Å². The third kappa shape index (κ3) is 6.30. The smallest absolute Gasteiger partial charge is 0.320 e. The molecule has 0 spiro atoms. The lowest BCUT2D eigenvalue weighted by atomic mass is 10.3. The fourth-order valence-corrected chi connectivity index (χ4v) is 10.5. The van der Waals surface area contributed by atoms with Crippen LogP contribution in [0.1, 0.15) is 26.7 Å². The molecule has 25 heavy (non-hydrogen) atoms. The monoisotopic (exact) mass is 450 g/mol. The third-order valence-electron chi connectivity index (χ3n) is 3.40. The molecule has 0 rings (SSSR count). The molecule has 0 aliphatic carbocycles. The zero-order valence-corrected chi connectivity index (χ0v) is 17.0. The maximum atomic E-state index is 11.8. The summed E-state index contributed by atoms with van der Waals surface area (Å²) in [5.41, 5.74) is -6.05. The molecule has 0 aromatic heterocycles. The average molecular weight is 450 g/mol. The highest BCUT2D eigenvalue weighted by Gasteiger charge is 2.68. The van der Waals surface area contributed by atoms with Crippen LogP contribution in [0.4, 0.5) is 0 Å². The molecule has 0 amide bonds. The molecule has 0 heterocycles. The quantitative estimate of drug-likeness (QED) is 0.161. The number of nitrogens with zero attached hydrogens (tertiary/aromatic N) is 1. The van der Waals surface area contributed by atoms with Gasteiger partial charge in [0, 0.05) is 0 Å². The molecular weight excluding hydrogens is 426 g/mol. The van der Waals surface area contributed by atoms with Crippen molar-refractivity contribution < 1.29 is 61.9 Å². The lowest BCUT2D eigenvalue weighted by Crippen LogP contribution is -2.61. The average Bonchev–Trinajstić information content (AvgIpc) is 2.19. The molecule has 0 unspecified atom stereocenters. The minimum absolute atomic E-state index is 0.118. The Morgan fingerprint density at radius 1 is 0.600 bits per heavy atom. The van der Waals surface area contributed by atoms with Gasteiger partial charge in [-0.3, -0.25) is 22.7 Å². The van der Waals surface area contributed by atoms with Crippen molar-refractivity contribution >= 4 is 30.4 Å². The Bertz CT molecular complexity index is 542. The van der Waals surface area contributed by atoms with Crippen molar-refractivity contribution in [3.05, 3.63) is 0 Å². The Balaban J connectivity index is 7.15. The van der Waals surface area contributed by atoms with Gasteiger partial charge in [0.1, 0.15) is 0 Å². The number of hydrogen-bond donors (Lipinski definition) is 8. The zero-order chi connectivity index (χ0) is 20.5. The van der Waals surface area contributed by atoms with Crippen LogP contribution in [0.15, 0.2) is 0 Å². The molecule has 0 radical (unpaired) electrons. The Hall–Kier alpha value is 0.560. The molecule has 13 nitrogen and oxygen atoms in total. The zero-order valence-electron chi connectivity index (χ0n) is 13.4. The minimum atomic E-state index is -5.75. The van der Waals surface area contributed by atoms with Gasteiger partial charge >= 0.3 is 30.4 Å². The minimum Gasteiger partial charge on any atom is -0.320 e. The van der Waals surface area contributed by atoms with E-state index in [0.29, 0.717) is 0 Å². The van der Waals surface area contributed by atoms with E-state index in [0.717, 1.165) is 0 Å². The Labute approximate surface area is 143 Å². The van der Waals surface area contributed by atoms with Crippen molar-refractivity contribution in [1.82, 2.24) is 0 Å². The number of rotatable bonds is 10. The van der Waals surface area contributed by atoms with Gasteiger partial charge < -0.3 is 39.1 Å². The molecule has 0 fully saturated rings. The van der Waals surface area contributed by atoms with Crippen LogP contribution >= 0.6 is 30.4 Å². The first-order chi connectivity index (χ1) is 10.9. The van der Waals surface area contributed by atoms with Crippen molar-refractivity contribution in [3.63, 3.8) is 0 Å². The molecule has 0 aliphatic rings. The van der Waals surface area contributed by atoms with Crippen molar-refractivity contribution in [3.8, 4) is 0 Å². The Kier molecular flexibility index (Phi) is 8.47. The highest BCUT2D eigenvalue weighted by Crippen LogP contribution is 2.72. The van der Waals surface area contributed by atoms with E-state index in [1.54, 1.807) is 0 Å². The second kappa shape index (κ2) is 8.29. The van der Waals surface area contributed by atoms with E-state index in [-0.39, 0.29) is 12.8 Å². The second-order valence-corrected chi connectivity index (χ2v) is 13.1. The molecule has 0 aliphatic heterocycles. The maximum absolute atomic E-state index is 11.8. The van der Waals surface area contributed by atoms with Crippen molar-refractivity contribution in [2.75, 3.05) is 13.1 Å². The normalized spacial score (nSPS) is 15.2. The van der Waals surface area contributed by atoms with E-state index in [9.17, 15) is 57.4 Å². The van der Waals surface area contributed by atoms with E-state index < -0.39 is 59.0 Å². The summed E-state index contributed by atoms with van der Waals surface area (Å²) >= 11 is 0. The molecule has 17 heteroatoms. The largest absolute Gasteiger partial charge is 0.395 e. The van der Waals surface area contributed by atoms with Crippen molar-refractivity contribution in [2.45, 2.75) is 37.7 Å². The molecule has 0 atom stereocenters. The molecule has 8 N–H and O–H groups in total. The molecular formula is C8H24NO12P4+. The standard InChI is InChI=1S/C8H23NO12P4/c1-3-5-9(6-4-2,7(22(10,11)12)23(13,14)15)8(24(16,17)18)25(19,20)21/h7-8H,3-6H2,1-2H3,(H7-,10,11,12,13,14,15,16,17,18,19,20,21)/p+1. The van der Waals surface area contributed by atoms with Crippen LogP contribution in [0.3, 0.4) is 0 Å². The predicted molar refractivity (Wildman–Crippen MR) is 86.3 cm³/mol. The molecule has 0 aromatic rings. The van der Waals surface area contributed by atoms with Gasteiger partial charge in [0.2, 0.25) is 0 Å². The fraction of sp³-hybridized carbons (Fsp3) is 1.00. The van der Waals surface area contributed by atoms with E-state index in [4.69, 9.17) is 0 Å². The summed E-state index contributed by atoms with van der Waals surface area (Å²) in [7, 11) is -23.0. The van der Waals surface area contributed by atoms with Crippen LogP contribution < -0.4 is 0 Å². The highest BCUT2D eigenvalue weighted by atomic mass is 31.2. The van der Waals surface area contributed by atoms with E-state index in [1.165, 1.54) is 13.8 Å². The predicted octanol–water partition coefficient (Wildman–Crippen LogP) is -0.0988. The molecule has 0 bridgehead atoms. The number of hydrogen-bond acceptors (Lipinski definition) is 4. The van der Waals surface area contributed by atoms with Crippen LogP contribution in [0.5, 0.6) is 0 Å². The lowest BCUT2D eigenvalue weighted by Gasteiger charge is -2.48. The summed E-state index contributed by atoms with van der Waals surface area (Å²) in [6.07, 6.45) is -0.236. The van der Waals surface area contributed by atoms with Crippen molar-refractivity contribution in [2.24, 2.45) is 0 Å². The molecule has 0 saturated carbocycles. The summed E-state index contributed by atoms with van der Waals surface area (Å²) < 4.78 is 45.5. The maximum Gasteiger partial charge on any atom is 0.395 e. The summed E-state index contributed by atoms with van der Waals surface area (Å²) in [5.74, 6) is 0. The first-order valence-electron chi connectivity index (χ1n) is 6.93. The van der Waals surface area contributed by atoms with Gasteiger partial charge in [-0.1, -0.05) is 13.8 Å². The van der Waals surface area contributed by atoms with Crippen molar-refractivity contribution in [1.29, 1.82) is 0 Å². The van der Waals surface area contributed by atoms with Crippen LogP contribution in [-0.4, -0.2) is 67.8 Å². The second-order valence-electron chi connectivity index (χ2n) is 5.60. The van der Waals surface area contributed by atoms with Gasteiger partial charge in [-0.2, -0.15) is 0 Å². The topological polar surface area (TPSA) is 230 Å². The first kappa shape index (κ1) is 25.6. The SMILES string of the molecule is CCC[N+](CCC)(C(P(=O)(O)O)P(=O)(O)O)C(P(=O)(O)O)P(=O)(O)O. The van der Waals surface area contributed by atoms with Gasteiger partial charge in [0.05, 0.1) is 13.1 Å². The molecule has 0 saturated heterocycles. The molecule has 0 aromatic carbocycles. The summed E-state index contributed by atoms with van der Waals surface area (Å²) in [6, 6.07) is 0. The van der Waals surface area contributed by atoms with Crippen LogP contribution in [-0.2, 0) is 18.3 Å². The summed E-state index contributed by atoms with van der Waals surface area (Å²) in [5, 5.41) is 0. The van der Waals surface area contributed by atoms with Gasteiger partial charge in [-0.25, -0.2) is 0 Å². The third-order valence-corrected chi connectivity index (χ3v) is 11.3. The number of quaternary nitrogens is 1. The van der Waals surface area contributed by atoms with Crippen LogP contribution in [0.2, 0.25) is 0 Å². The van der Waals surface area contributed by atoms with Gasteiger partial charge in [-0.15, -0.1) is 0 Å². The lowest BCUT2D eigenvalue weighted by molar-refractivity contribution is -0.930. The van der Waals surface area contributed by atoms with Gasteiger partial charge in [-0.05, 0) is 12.8 Å². The Morgan fingerprint density at radius 3 is 0.920 bits per heavy atom. The first-order valence-corrected chi connectivity index (χ1v) is 13.7. The summed E-state index contributed by atoms with van der Waals surface area (Å²) in [6.45, 7) is 1.37. The van der Waals surface area contributed by atoms with E-state index >= 15 is 0 Å². The fourth-order valence-electron chi connectivity index (χ4n) is 3.12. The molecule has 152 valence electrons. The highest BCUT2D eigenvalue weighted by molar-refractivity contribution is 7.72. The van der Waals surface area contributed by atoms with Crippen LogP contribution in [0, 0.1) is 0 Å². The van der Waals surface area contributed by atoms with Gasteiger partial charge in [0.15, 0.2) is 0 Å². The van der Waals surface area contributed by atoms with Crippen LogP contribution in [0.25, 0.3) is 0 Å².